The van der Waals surface area contributed by atoms with E-state index in [-0.39, 0.29) is 34.8 Å². The Labute approximate surface area is 211 Å². The van der Waals surface area contributed by atoms with Gasteiger partial charge >= 0.3 is 0 Å². The molecule has 0 aromatic heterocycles. The second-order valence-electron chi connectivity index (χ2n) is 7.76. The van der Waals surface area contributed by atoms with E-state index in [0.29, 0.717) is 29.1 Å². The summed E-state index contributed by atoms with van der Waals surface area (Å²) in [4.78, 5) is 26.8. The Bertz CT molecular complexity index is 1190. The maximum absolute atomic E-state index is 13.5. The number of rotatable bonds is 13. The zero-order chi connectivity index (χ0) is 26.7. The smallest absolute Gasteiger partial charge is 0.196 e. The highest BCUT2D eigenvalue weighted by atomic mass is 16.5. The van der Waals surface area contributed by atoms with Crippen molar-refractivity contribution in [1.82, 2.24) is 0 Å². The number of allylic oxidation sites excluding steroid dienone is 2. The van der Waals surface area contributed by atoms with Crippen molar-refractivity contribution in [1.29, 1.82) is 0 Å². The summed E-state index contributed by atoms with van der Waals surface area (Å²) in [6.07, 6.45) is 1.14. The van der Waals surface area contributed by atoms with Crippen molar-refractivity contribution in [3.8, 4) is 5.75 Å². The summed E-state index contributed by atoms with van der Waals surface area (Å²) in [7, 11) is 2.87. The number of hydrogen-bond acceptors (Lipinski definition) is 7. The van der Waals surface area contributed by atoms with E-state index in [1.165, 1.54) is 32.4 Å². The van der Waals surface area contributed by atoms with Crippen LogP contribution in [0.15, 0.2) is 95.2 Å². The van der Waals surface area contributed by atoms with Gasteiger partial charge in [-0.2, -0.15) is 0 Å². The van der Waals surface area contributed by atoms with Crippen LogP contribution in [0, 0.1) is 0 Å². The lowest BCUT2D eigenvalue weighted by atomic mass is 9.93. The normalized spacial score (nSPS) is 12.8. The van der Waals surface area contributed by atoms with Gasteiger partial charge in [-0.1, -0.05) is 49.0 Å². The molecule has 0 atom stereocenters. The quantitative estimate of drug-likeness (QED) is 0.102. The molecule has 0 aliphatic carbocycles. The van der Waals surface area contributed by atoms with Crippen LogP contribution in [0.25, 0.3) is 6.08 Å². The number of Topliss-reactive ketones (excluding diaryl/α,β-unsaturated/α-hetero) is 2. The molecule has 7 nitrogen and oxygen atoms in total. The second-order valence-corrected chi connectivity index (χ2v) is 7.76. The zero-order valence-electron chi connectivity index (χ0n) is 21.0. The first-order valence-electron chi connectivity index (χ1n) is 11.3. The first kappa shape index (κ1) is 28.1. The summed E-state index contributed by atoms with van der Waals surface area (Å²) in [6, 6.07) is 14.7. The highest BCUT2D eigenvalue weighted by Gasteiger charge is 2.24. The van der Waals surface area contributed by atoms with E-state index in [1.54, 1.807) is 56.3 Å². The van der Waals surface area contributed by atoms with Crippen molar-refractivity contribution in [3.05, 3.63) is 106 Å². The molecule has 0 spiro atoms. The maximum atomic E-state index is 13.5. The summed E-state index contributed by atoms with van der Waals surface area (Å²) in [6.45, 7) is 7.17. The first-order chi connectivity index (χ1) is 17.3. The molecule has 0 aliphatic heterocycles. The number of phenols is 1. The number of ether oxygens (including phenoxy) is 3. The Hall–Kier alpha value is -4.10. The molecule has 0 saturated carbocycles. The van der Waals surface area contributed by atoms with Gasteiger partial charge in [0.05, 0.1) is 33.0 Å². The minimum atomic E-state index is -0.526. The van der Waals surface area contributed by atoms with Gasteiger partial charge in [0.25, 0.3) is 0 Å². The van der Waals surface area contributed by atoms with E-state index in [2.05, 4.69) is 6.58 Å². The van der Waals surface area contributed by atoms with Crippen molar-refractivity contribution in [3.63, 3.8) is 0 Å². The van der Waals surface area contributed by atoms with Gasteiger partial charge in [-0.3, -0.25) is 9.59 Å². The molecule has 0 aliphatic rings. The Balaban J connectivity index is 2.59. The molecule has 7 heteroatoms. The summed E-state index contributed by atoms with van der Waals surface area (Å²) in [5.41, 5.74) is 1.46. The molecule has 190 valence electrons. The van der Waals surface area contributed by atoms with Crippen LogP contribution in [0.3, 0.4) is 0 Å². The third kappa shape index (κ3) is 7.20. The minimum absolute atomic E-state index is 0.00269. The average molecular weight is 493 g/mol. The lowest BCUT2D eigenvalue weighted by Crippen LogP contribution is -2.16. The monoisotopic (exact) mass is 492 g/mol. The fourth-order valence-electron chi connectivity index (χ4n) is 3.60. The molecular formula is C29H32O7. The van der Waals surface area contributed by atoms with Gasteiger partial charge in [0.2, 0.25) is 0 Å². The molecule has 0 radical (unpaired) electrons. The number of hydrogen-bond donors (Lipinski definition) is 2. The summed E-state index contributed by atoms with van der Waals surface area (Å²) in [5, 5.41) is 20.0. The van der Waals surface area contributed by atoms with Crippen LogP contribution in [0.4, 0.5) is 0 Å². The van der Waals surface area contributed by atoms with Gasteiger partial charge < -0.3 is 24.4 Å². The molecular weight excluding hydrogens is 460 g/mol. The van der Waals surface area contributed by atoms with Crippen molar-refractivity contribution in [2.75, 3.05) is 27.4 Å². The van der Waals surface area contributed by atoms with Gasteiger partial charge in [0.15, 0.2) is 23.1 Å². The van der Waals surface area contributed by atoms with E-state index in [9.17, 15) is 19.8 Å². The molecule has 2 aromatic carbocycles. The van der Waals surface area contributed by atoms with Crippen LogP contribution >= 0.6 is 0 Å². The SMILES string of the molecule is C=C(OC)/C(OCC)=C(C)\C(OC)=C(/CO)CC(=O)/C(=C/c1cccc(O)c1)C(=O)c1ccccc1. The van der Waals surface area contributed by atoms with E-state index in [4.69, 9.17) is 14.2 Å². The maximum Gasteiger partial charge on any atom is 0.196 e. The number of carbonyl (C=O) groups is 2. The van der Waals surface area contributed by atoms with E-state index >= 15 is 0 Å². The van der Waals surface area contributed by atoms with E-state index < -0.39 is 18.2 Å². The number of methoxy groups -OCH3 is 2. The lowest BCUT2D eigenvalue weighted by Gasteiger charge is -2.18. The predicted molar refractivity (Wildman–Crippen MR) is 138 cm³/mol. The summed E-state index contributed by atoms with van der Waals surface area (Å²) < 4.78 is 16.4. The number of ketones is 2. The van der Waals surface area contributed by atoms with Gasteiger partial charge in [0, 0.05) is 23.1 Å². The van der Waals surface area contributed by atoms with Gasteiger partial charge in [-0.25, -0.2) is 0 Å². The standard InChI is InChI=1S/C29H32O7/c1-6-36-28(20(3)34-4)19(2)29(35-5)23(18-30)17-26(32)25(16-21-11-10-14-24(31)15-21)27(33)22-12-8-7-9-13-22/h7-16,30-31H,3,6,17-18H2,1-2,4-5H3/b25-16-,28-19+,29-23+. The highest BCUT2D eigenvalue weighted by Crippen LogP contribution is 2.27. The Kier molecular flexibility index (Phi) is 10.7. The van der Waals surface area contributed by atoms with Gasteiger partial charge in [0.1, 0.15) is 11.5 Å². The van der Waals surface area contributed by atoms with Crippen molar-refractivity contribution < 1.29 is 34.0 Å². The van der Waals surface area contributed by atoms with E-state index in [1.807, 2.05) is 0 Å². The first-order valence-corrected chi connectivity index (χ1v) is 11.3. The number of phenolic OH excluding ortho intramolecular Hbond substituents is 1. The van der Waals surface area contributed by atoms with Crippen LogP contribution < -0.4 is 0 Å². The molecule has 2 aromatic rings. The largest absolute Gasteiger partial charge is 0.508 e. The molecule has 0 heterocycles. The fourth-order valence-corrected chi connectivity index (χ4v) is 3.60. The van der Waals surface area contributed by atoms with Crippen molar-refractivity contribution in [2.24, 2.45) is 0 Å². The molecule has 0 unspecified atom stereocenters. The number of aromatic hydroxyl groups is 1. The van der Waals surface area contributed by atoms with Crippen LogP contribution in [0.1, 0.15) is 36.2 Å². The van der Waals surface area contributed by atoms with Crippen LogP contribution in [0.5, 0.6) is 5.75 Å². The highest BCUT2D eigenvalue weighted by molar-refractivity contribution is 6.29. The van der Waals surface area contributed by atoms with Crippen LogP contribution in [-0.4, -0.2) is 49.2 Å². The molecule has 36 heavy (non-hydrogen) atoms. The van der Waals surface area contributed by atoms with Crippen molar-refractivity contribution >= 4 is 17.6 Å². The Morgan fingerprint density at radius 2 is 1.69 bits per heavy atom. The second kappa shape index (κ2) is 13.7. The topological polar surface area (TPSA) is 102 Å². The summed E-state index contributed by atoms with van der Waals surface area (Å²) in [5.74, 6) is -0.181. The number of carbonyl (C=O) groups excluding carboxylic acids is 2. The zero-order valence-corrected chi connectivity index (χ0v) is 21.0. The summed E-state index contributed by atoms with van der Waals surface area (Å²) >= 11 is 0. The molecule has 0 fully saturated rings. The van der Waals surface area contributed by atoms with Gasteiger partial charge in [-0.05, 0) is 37.6 Å². The van der Waals surface area contributed by atoms with Crippen LogP contribution in [-0.2, 0) is 19.0 Å². The predicted octanol–water partition coefficient (Wildman–Crippen LogP) is 4.98. The lowest BCUT2D eigenvalue weighted by molar-refractivity contribution is -0.114. The van der Waals surface area contributed by atoms with Gasteiger partial charge in [-0.15, -0.1) is 0 Å². The Morgan fingerprint density at radius 1 is 1.00 bits per heavy atom. The fraction of sp³-hybridized carbons (Fsp3) is 0.241. The minimum Gasteiger partial charge on any atom is -0.508 e. The molecule has 0 amide bonds. The number of aliphatic hydroxyl groups excluding tert-OH is 1. The number of benzene rings is 2. The molecule has 0 saturated heterocycles. The number of aliphatic hydroxyl groups is 1. The molecule has 2 N–H and O–H groups in total. The van der Waals surface area contributed by atoms with E-state index in [0.717, 1.165) is 0 Å². The van der Waals surface area contributed by atoms with Crippen LogP contribution in [0.2, 0.25) is 0 Å². The Morgan fingerprint density at radius 3 is 2.25 bits per heavy atom. The van der Waals surface area contributed by atoms with Crippen molar-refractivity contribution in [2.45, 2.75) is 20.3 Å². The molecule has 2 rings (SSSR count). The molecule has 0 bridgehead atoms. The average Bonchev–Trinajstić information content (AvgIpc) is 2.89. The third-order valence-electron chi connectivity index (χ3n) is 5.32. The third-order valence-corrected chi connectivity index (χ3v) is 5.32.